The van der Waals surface area contributed by atoms with Crippen LogP contribution in [0.4, 0.5) is 23.2 Å². The normalized spacial score (nSPS) is 11.0. The van der Waals surface area contributed by atoms with Crippen LogP contribution in [0.3, 0.4) is 0 Å². The Morgan fingerprint density at radius 1 is 0.875 bits per heavy atom. The zero-order chi connectivity index (χ0) is 23.1. The van der Waals surface area contributed by atoms with Crippen molar-refractivity contribution in [2.24, 2.45) is 0 Å². The fourth-order valence-electron chi connectivity index (χ4n) is 2.74. The van der Waals surface area contributed by atoms with Gasteiger partial charge in [-0.2, -0.15) is 13.2 Å². The third-order valence-corrected chi connectivity index (χ3v) is 4.26. The van der Waals surface area contributed by atoms with Crippen LogP contribution in [0.15, 0.2) is 72.8 Å². The molecule has 0 aromatic heterocycles. The van der Waals surface area contributed by atoms with Crippen molar-refractivity contribution in [1.29, 1.82) is 0 Å². The molecule has 5 nitrogen and oxygen atoms in total. The maximum atomic E-state index is 13.0. The van der Waals surface area contributed by atoms with E-state index in [2.05, 4.69) is 5.32 Å². The summed E-state index contributed by atoms with van der Waals surface area (Å²) in [6, 6.07) is 16.2. The van der Waals surface area contributed by atoms with Gasteiger partial charge in [0.25, 0.3) is 5.91 Å². The summed E-state index contributed by atoms with van der Waals surface area (Å²) in [5.41, 5.74) is -0.765. The van der Waals surface area contributed by atoms with E-state index < -0.39 is 41.7 Å². The highest BCUT2D eigenvalue weighted by Gasteiger charge is 2.33. The van der Waals surface area contributed by atoms with Crippen molar-refractivity contribution in [2.45, 2.75) is 12.8 Å². The number of hydrogen-bond donors (Lipinski definition) is 1. The van der Waals surface area contributed by atoms with Gasteiger partial charge in [-0.15, -0.1) is 0 Å². The van der Waals surface area contributed by atoms with Crippen LogP contribution in [0.5, 0.6) is 5.75 Å². The molecule has 0 aliphatic rings. The minimum atomic E-state index is -4.65. The lowest BCUT2D eigenvalue weighted by molar-refractivity contribution is -0.137. The predicted molar refractivity (Wildman–Crippen MR) is 108 cm³/mol. The molecule has 3 aromatic rings. The molecule has 0 radical (unpaired) electrons. The average molecular weight is 447 g/mol. The van der Waals surface area contributed by atoms with Gasteiger partial charge in [-0.1, -0.05) is 36.4 Å². The number of anilines is 1. The minimum Gasteiger partial charge on any atom is -0.488 e. The lowest BCUT2D eigenvalue weighted by Crippen LogP contribution is -2.23. The largest absolute Gasteiger partial charge is 0.488 e. The van der Waals surface area contributed by atoms with E-state index >= 15 is 0 Å². The van der Waals surface area contributed by atoms with Crippen LogP contribution in [0.1, 0.15) is 21.5 Å². The number of hydrogen-bond acceptors (Lipinski definition) is 4. The van der Waals surface area contributed by atoms with Crippen LogP contribution in [-0.2, 0) is 22.3 Å². The van der Waals surface area contributed by atoms with Gasteiger partial charge in [0.1, 0.15) is 23.7 Å². The van der Waals surface area contributed by atoms with Crippen LogP contribution in [-0.4, -0.2) is 18.5 Å². The number of alkyl halides is 3. The Labute approximate surface area is 180 Å². The van der Waals surface area contributed by atoms with Gasteiger partial charge in [0.15, 0.2) is 6.61 Å². The van der Waals surface area contributed by atoms with E-state index in [1.807, 2.05) is 0 Å². The second-order valence-electron chi connectivity index (χ2n) is 6.58. The van der Waals surface area contributed by atoms with E-state index in [0.29, 0.717) is 5.56 Å². The van der Waals surface area contributed by atoms with Gasteiger partial charge in [-0.3, -0.25) is 4.79 Å². The van der Waals surface area contributed by atoms with E-state index in [9.17, 15) is 27.2 Å². The molecule has 9 heteroatoms. The number of para-hydroxylation sites is 2. The molecule has 0 saturated carbocycles. The molecule has 0 atom stereocenters. The SMILES string of the molecule is O=C(COC(=O)c1ccccc1OCc1ccc(F)cc1)Nc1ccccc1C(F)(F)F. The molecular formula is C23H17F4NO4. The monoisotopic (exact) mass is 447 g/mol. The topological polar surface area (TPSA) is 64.6 Å². The zero-order valence-corrected chi connectivity index (χ0v) is 16.5. The molecule has 166 valence electrons. The van der Waals surface area contributed by atoms with E-state index in [4.69, 9.17) is 9.47 Å². The lowest BCUT2D eigenvalue weighted by atomic mass is 10.1. The van der Waals surface area contributed by atoms with Gasteiger partial charge in [-0.05, 0) is 42.0 Å². The van der Waals surface area contributed by atoms with Gasteiger partial charge in [0.05, 0.1) is 11.3 Å². The lowest BCUT2D eigenvalue weighted by Gasteiger charge is -2.14. The van der Waals surface area contributed by atoms with Crippen molar-refractivity contribution in [3.8, 4) is 5.75 Å². The van der Waals surface area contributed by atoms with E-state index in [0.717, 1.165) is 12.1 Å². The Balaban J connectivity index is 1.61. The summed E-state index contributed by atoms with van der Waals surface area (Å²) in [6.07, 6.45) is -4.65. The van der Waals surface area contributed by atoms with Crippen molar-refractivity contribution in [3.05, 3.63) is 95.3 Å². The Morgan fingerprint density at radius 2 is 1.53 bits per heavy atom. The number of esters is 1. The van der Waals surface area contributed by atoms with Crippen molar-refractivity contribution in [1.82, 2.24) is 0 Å². The number of ether oxygens (including phenoxy) is 2. The number of benzene rings is 3. The van der Waals surface area contributed by atoms with E-state index in [1.54, 1.807) is 12.1 Å². The predicted octanol–water partition coefficient (Wildman–Crippen LogP) is 5.22. The van der Waals surface area contributed by atoms with Crippen molar-refractivity contribution < 1.29 is 36.6 Å². The molecule has 0 saturated heterocycles. The van der Waals surface area contributed by atoms with Crippen LogP contribution in [0.25, 0.3) is 0 Å². The molecule has 0 spiro atoms. The molecule has 3 aromatic carbocycles. The first-order chi connectivity index (χ1) is 15.2. The Kier molecular flexibility index (Phi) is 7.09. The summed E-state index contributed by atoms with van der Waals surface area (Å²) in [5.74, 6) is -2.04. The van der Waals surface area contributed by atoms with Crippen molar-refractivity contribution >= 4 is 17.6 Å². The number of carbonyl (C=O) groups is 2. The number of amides is 1. The molecule has 0 fully saturated rings. The fourth-order valence-corrected chi connectivity index (χ4v) is 2.74. The highest BCUT2D eigenvalue weighted by molar-refractivity contribution is 5.97. The van der Waals surface area contributed by atoms with Crippen LogP contribution in [0, 0.1) is 5.82 Å². The maximum absolute atomic E-state index is 13.0. The molecule has 3 rings (SSSR count). The van der Waals surface area contributed by atoms with Gasteiger partial charge in [-0.25, -0.2) is 9.18 Å². The smallest absolute Gasteiger partial charge is 0.418 e. The average Bonchev–Trinajstić information content (AvgIpc) is 2.77. The summed E-state index contributed by atoms with van der Waals surface area (Å²) in [6.45, 7) is -0.739. The van der Waals surface area contributed by atoms with Gasteiger partial charge in [0.2, 0.25) is 0 Å². The molecule has 1 N–H and O–H groups in total. The third kappa shape index (κ3) is 6.07. The molecule has 1 amide bonds. The maximum Gasteiger partial charge on any atom is 0.418 e. The minimum absolute atomic E-state index is 0.0260. The van der Waals surface area contributed by atoms with Crippen molar-refractivity contribution in [2.75, 3.05) is 11.9 Å². The van der Waals surface area contributed by atoms with Gasteiger partial charge >= 0.3 is 12.1 Å². The molecule has 0 aliphatic heterocycles. The van der Waals surface area contributed by atoms with Gasteiger partial charge < -0.3 is 14.8 Å². The van der Waals surface area contributed by atoms with Gasteiger partial charge in [0, 0.05) is 0 Å². The Bertz CT molecular complexity index is 1100. The highest BCUT2D eigenvalue weighted by atomic mass is 19.4. The summed E-state index contributed by atoms with van der Waals surface area (Å²) >= 11 is 0. The fraction of sp³-hybridized carbons (Fsp3) is 0.130. The molecule has 32 heavy (non-hydrogen) atoms. The van der Waals surface area contributed by atoms with Crippen LogP contribution in [0.2, 0.25) is 0 Å². The second kappa shape index (κ2) is 9.95. The number of rotatable bonds is 7. The van der Waals surface area contributed by atoms with Crippen molar-refractivity contribution in [3.63, 3.8) is 0 Å². The first-order valence-corrected chi connectivity index (χ1v) is 9.33. The Morgan fingerprint density at radius 3 is 2.25 bits per heavy atom. The van der Waals surface area contributed by atoms with E-state index in [-0.39, 0.29) is 17.9 Å². The summed E-state index contributed by atoms with van der Waals surface area (Å²) in [5, 5.41) is 2.09. The second-order valence-corrected chi connectivity index (χ2v) is 6.58. The first-order valence-electron chi connectivity index (χ1n) is 9.33. The Hall–Kier alpha value is -3.88. The summed E-state index contributed by atoms with van der Waals surface area (Å²) in [7, 11) is 0. The number of nitrogens with one attached hydrogen (secondary N) is 1. The standard InChI is InChI=1S/C23H17F4NO4/c24-16-11-9-15(10-12-16)13-31-20-8-4-1-5-17(20)22(30)32-14-21(29)28-19-7-3-2-6-18(19)23(25,26)27/h1-12H,13-14H2,(H,28,29). The number of halogens is 4. The summed E-state index contributed by atoms with van der Waals surface area (Å²) in [4.78, 5) is 24.4. The van der Waals surface area contributed by atoms with E-state index in [1.165, 1.54) is 48.5 Å². The first kappa shape index (κ1) is 22.8. The highest BCUT2D eigenvalue weighted by Crippen LogP contribution is 2.34. The molecule has 0 bridgehead atoms. The zero-order valence-electron chi connectivity index (χ0n) is 16.5. The molecule has 0 unspecified atom stereocenters. The van der Waals surface area contributed by atoms with Crippen LogP contribution < -0.4 is 10.1 Å². The number of carbonyl (C=O) groups excluding carboxylic acids is 2. The molecular weight excluding hydrogens is 430 g/mol. The molecule has 0 aliphatic carbocycles. The summed E-state index contributed by atoms with van der Waals surface area (Å²) < 4.78 is 62.6. The third-order valence-electron chi connectivity index (χ3n) is 4.26. The van der Waals surface area contributed by atoms with Crippen LogP contribution >= 0.6 is 0 Å². The molecule has 0 heterocycles. The quantitative estimate of drug-likeness (QED) is 0.399.